The number of Topliss-reactive ketones (excluding diaryl/α,β-unsaturated/α-hetero) is 1. The average Bonchev–Trinajstić information content (AvgIpc) is 3.22. The molecule has 0 amide bonds. The van der Waals surface area contributed by atoms with Gasteiger partial charge in [-0.1, -0.05) is 24.1 Å². The second kappa shape index (κ2) is 9.54. The molecule has 164 valence electrons. The Morgan fingerprint density at radius 2 is 2.19 bits per heavy atom. The quantitative estimate of drug-likeness (QED) is 0.371. The Labute approximate surface area is 191 Å². The molecule has 1 fully saturated rings. The van der Waals surface area contributed by atoms with Crippen molar-refractivity contribution in [3.8, 4) is 29.2 Å². The summed E-state index contributed by atoms with van der Waals surface area (Å²) in [5.74, 6) is 2.72. The lowest BCUT2D eigenvalue weighted by atomic mass is 9.97. The van der Waals surface area contributed by atoms with Gasteiger partial charge >= 0.3 is 0 Å². The number of halogens is 2. The minimum Gasteiger partial charge on any atom is -0.492 e. The zero-order chi connectivity index (χ0) is 22.7. The highest BCUT2D eigenvalue weighted by atomic mass is 35.5. The van der Waals surface area contributed by atoms with E-state index in [4.69, 9.17) is 22.8 Å². The van der Waals surface area contributed by atoms with Gasteiger partial charge in [-0.2, -0.15) is 0 Å². The monoisotopic (exact) mass is 451 g/mol. The fourth-order valence-corrected chi connectivity index (χ4v) is 4.57. The number of carbonyl (C=O) groups excluding carboxylic acids is 1. The molecule has 3 aromatic rings. The predicted molar refractivity (Wildman–Crippen MR) is 124 cm³/mol. The van der Waals surface area contributed by atoms with Gasteiger partial charge in [-0.25, -0.2) is 14.4 Å². The third kappa shape index (κ3) is 4.53. The number of carbonyl (C=O) groups is 1. The molecule has 0 unspecified atom stereocenters. The van der Waals surface area contributed by atoms with E-state index in [2.05, 4.69) is 21.2 Å². The molecule has 1 saturated carbocycles. The SMILES string of the molecule is C#CC(=O)C[C@H]1CCC[C@H]1Nc1ncc2cc(-c3c(F)ccc(OCC)c3Cl)ccc2n1. The predicted octanol–water partition coefficient (Wildman–Crippen LogP) is 5.66. The molecule has 0 radical (unpaired) electrons. The molecule has 1 N–H and O–H groups in total. The van der Waals surface area contributed by atoms with Crippen molar-refractivity contribution in [1.82, 2.24) is 9.97 Å². The molecule has 0 bridgehead atoms. The van der Waals surface area contributed by atoms with Gasteiger partial charge in [0.25, 0.3) is 0 Å². The summed E-state index contributed by atoms with van der Waals surface area (Å²) in [6, 6.07) is 8.39. The molecule has 5 nitrogen and oxygen atoms in total. The Morgan fingerprint density at radius 3 is 2.97 bits per heavy atom. The van der Waals surface area contributed by atoms with Crippen molar-refractivity contribution in [1.29, 1.82) is 0 Å². The highest BCUT2D eigenvalue weighted by Gasteiger charge is 2.29. The first-order chi connectivity index (χ1) is 15.5. The number of hydrogen-bond acceptors (Lipinski definition) is 5. The average molecular weight is 452 g/mol. The number of ketones is 1. The lowest BCUT2D eigenvalue weighted by molar-refractivity contribution is -0.114. The summed E-state index contributed by atoms with van der Waals surface area (Å²) in [7, 11) is 0. The fraction of sp³-hybridized carbons (Fsp3) is 0.320. The molecular formula is C25H23ClFN3O2. The van der Waals surface area contributed by atoms with E-state index in [1.807, 2.05) is 19.1 Å². The van der Waals surface area contributed by atoms with Gasteiger partial charge in [-0.3, -0.25) is 4.79 Å². The topological polar surface area (TPSA) is 64.1 Å². The van der Waals surface area contributed by atoms with Crippen LogP contribution in [0.1, 0.15) is 32.6 Å². The van der Waals surface area contributed by atoms with Crippen LogP contribution in [0, 0.1) is 24.1 Å². The highest BCUT2D eigenvalue weighted by molar-refractivity contribution is 6.34. The minimum absolute atomic E-state index is 0.109. The van der Waals surface area contributed by atoms with E-state index in [-0.39, 0.29) is 28.3 Å². The number of nitrogens with zero attached hydrogens (tertiary/aromatic N) is 2. The molecule has 0 spiro atoms. The van der Waals surface area contributed by atoms with Gasteiger partial charge < -0.3 is 10.1 Å². The van der Waals surface area contributed by atoms with Crippen molar-refractivity contribution in [3.63, 3.8) is 0 Å². The van der Waals surface area contributed by atoms with Gasteiger partial charge in [0.1, 0.15) is 11.6 Å². The van der Waals surface area contributed by atoms with Crippen LogP contribution in [0.15, 0.2) is 36.5 Å². The molecule has 4 rings (SSSR count). The minimum atomic E-state index is -0.425. The van der Waals surface area contributed by atoms with Crippen LogP contribution in [-0.4, -0.2) is 28.4 Å². The number of fused-ring (bicyclic) bond motifs is 1. The summed E-state index contributed by atoms with van der Waals surface area (Å²) in [6.07, 6.45) is 10.2. The molecule has 1 aliphatic carbocycles. The van der Waals surface area contributed by atoms with E-state index in [0.29, 0.717) is 30.3 Å². The Bertz CT molecular complexity index is 1210. The lowest BCUT2D eigenvalue weighted by Crippen LogP contribution is -2.26. The maximum atomic E-state index is 14.6. The second-order valence-electron chi connectivity index (χ2n) is 7.85. The van der Waals surface area contributed by atoms with Crippen LogP contribution in [-0.2, 0) is 4.79 Å². The number of ether oxygens (including phenoxy) is 1. The third-order valence-corrected chi connectivity index (χ3v) is 6.18. The molecular weight excluding hydrogens is 429 g/mol. The number of benzene rings is 2. The number of nitrogens with one attached hydrogen (secondary N) is 1. The summed E-state index contributed by atoms with van der Waals surface area (Å²) >= 11 is 6.42. The first kappa shape index (κ1) is 22.0. The maximum absolute atomic E-state index is 14.6. The molecule has 1 heterocycles. The molecule has 0 saturated heterocycles. The zero-order valence-electron chi connectivity index (χ0n) is 17.7. The van der Waals surface area contributed by atoms with E-state index in [1.165, 1.54) is 12.1 Å². The molecule has 2 atom stereocenters. The molecule has 32 heavy (non-hydrogen) atoms. The summed E-state index contributed by atoms with van der Waals surface area (Å²) in [5, 5.41) is 4.35. The third-order valence-electron chi connectivity index (χ3n) is 5.81. The van der Waals surface area contributed by atoms with Crippen LogP contribution in [0.25, 0.3) is 22.0 Å². The molecule has 2 aromatic carbocycles. The molecule has 1 aliphatic rings. The molecule has 7 heteroatoms. The van der Waals surface area contributed by atoms with E-state index < -0.39 is 5.82 Å². The number of rotatable bonds is 7. The van der Waals surface area contributed by atoms with E-state index >= 15 is 0 Å². The van der Waals surface area contributed by atoms with Crippen molar-refractivity contribution in [2.24, 2.45) is 5.92 Å². The number of aromatic nitrogens is 2. The summed E-state index contributed by atoms with van der Waals surface area (Å²) in [4.78, 5) is 20.7. The molecule has 0 aliphatic heterocycles. The van der Waals surface area contributed by atoms with Crippen LogP contribution < -0.4 is 10.1 Å². The van der Waals surface area contributed by atoms with E-state index in [1.54, 1.807) is 12.3 Å². The Morgan fingerprint density at radius 1 is 1.34 bits per heavy atom. The first-order valence-electron chi connectivity index (χ1n) is 10.6. The van der Waals surface area contributed by atoms with Gasteiger partial charge in [-0.05, 0) is 61.4 Å². The smallest absolute Gasteiger partial charge is 0.223 e. The van der Waals surface area contributed by atoms with E-state index in [9.17, 15) is 9.18 Å². The highest BCUT2D eigenvalue weighted by Crippen LogP contribution is 2.38. The molecule has 1 aromatic heterocycles. The van der Waals surface area contributed by atoms with Crippen LogP contribution in [0.5, 0.6) is 5.75 Å². The largest absolute Gasteiger partial charge is 0.492 e. The van der Waals surface area contributed by atoms with Crippen molar-refractivity contribution >= 4 is 34.2 Å². The van der Waals surface area contributed by atoms with Gasteiger partial charge in [0.15, 0.2) is 0 Å². The van der Waals surface area contributed by atoms with Crippen LogP contribution in [0.2, 0.25) is 5.02 Å². The van der Waals surface area contributed by atoms with Crippen LogP contribution in [0.3, 0.4) is 0 Å². The maximum Gasteiger partial charge on any atom is 0.223 e. The fourth-order valence-electron chi connectivity index (χ4n) is 4.26. The van der Waals surface area contributed by atoms with Crippen molar-refractivity contribution in [2.45, 2.75) is 38.6 Å². The Hall–Kier alpha value is -3.17. The zero-order valence-corrected chi connectivity index (χ0v) is 18.5. The summed E-state index contributed by atoms with van der Waals surface area (Å²) in [5.41, 5.74) is 1.63. The van der Waals surface area contributed by atoms with Crippen molar-refractivity contribution in [3.05, 3.63) is 47.4 Å². The summed E-state index contributed by atoms with van der Waals surface area (Å²) < 4.78 is 20.1. The lowest BCUT2D eigenvalue weighted by Gasteiger charge is -2.19. The Balaban J connectivity index is 1.59. The van der Waals surface area contributed by atoms with Crippen LogP contribution in [0.4, 0.5) is 10.3 Å². The number of anilines is 1. The van der Waals surface area contributed by atoms with Gasteiger partial charge in [0.2, 0.25) is 11.7 Å². The summed E-state index contributed by atoms with van der Waals surface area (Å²) in [6.45, 7) is 2.28. The van der Waals surface area contributed by atoms with Gasteiger partial charge in [0, 0.05) is 29.6 Å². The van der Waals surface area contributed by atoms with Crippen molar-refractivity contribution in [2.75, 3.05) is 11.9 Å². The second-order valence-corrected chi connectivity index (χ2v) is 8.23. The normalized spacial score (nSPS) is 17.8. The Kier molecular flexibility index (Phi) is 6.57. The van der Waals surface area contributed by atoms with Crippen LogP contribution >= 0.6 is 11.6 Å². The van der Waals surface area contributed by atoms with E-state index in [0.717, 1.165) is 30.2 Å². The van der Waals surface area contributed by atoms with Crippen molar-refractivity contribution < 1.29 is 13.9 Å². The standard InChI is InChI=1S/C25H23ClFN3O2/c1-3-18(31)13-15-6-5-7-20(15)29-25-28-14-17-12-16(8-10-21(17)30-25)23-19(27)9-11-22(24(23)26)32-4-2/h1,8-12,14-15,20H,4-7,13H2,2H3,(H,28,29,30)/t15-,20-/m1/s1. The number of terminal acetylenes is 1. The van der Waals surface area contributed by atoms with Gasteiger partial charge in [0.05, 0.1) is 17.1 Å². The van der Waals surface area contributed by atoms with Gasteiger partial charge in [-0.15, -0.1) is 6.42 Å². The number of hydrogen-bond donors (Lipinski definition) is 1. The first-order valence-corrected chi connectivity index (χ1v) is 11.0.